The van der Waals surface area contributed by atoms with Crippen molar-refractivity contribution in [3.8, 4) is 0 Å². The zero-order valence-electron chi connectivity index (χ0n) is 11.2. The largest absolute Gasteiger partial charge is 0.353 e. The van der Waals surface area contributed by atoms with Gasteiger partial charge in [0.05, 0.1) is 10.0 Å². The predicted octanol–water partition coefficient (Wildman–Crippen LogP) is 2.33. The van der Waals surface area contributed by atoms with E-state index < -0.39 is 5.82 Å². The molecule has 1 saturated heterocycles. The van der Waals surface area contributed by atoms with Crippen LogP contribution < -0.4 is 5.32 Å². The van der Waals surface area contributed by atoms with E-state index in [-0.39, 0.29) is 27.9 Å². The minimum atomic E-state index is -0.526. The van der Waals surface area contributed by atoms with Crippen LogP contribution in [0.4, 0.5) is 4.39 Å². The van der Waals surface area contributed by atoms with Crippen molar-refractivity contribution >= 4 is 27.7 Å². The summed E-state index contributed by atoms with van der Waals surface area (Å²) < 4.78 is 14.2. The summed E-state index contributed by atoms with van der Waals surface area (Å²) in [5.41, 5.74) is 0.0809. The maximum absolute atomic E-state index is 13.9. The highest BCUT2D eigenvalue weighted by Gasteiger charge is 2.25. The fourth-order valence-corrected chi connectivity index (χ4v) is 2.72. The first-order valence-electron chi connectivity index (χ1n) is 6.49. The lowest BCUT2D eigenvalue weighted by Crippen LogP contribution is -2.46. The highest BCUT2D eigenvalue weighted by molar-refractivity contribution is 9.10. The maximum Gasteiger partial charge on any atom is 0.256 e. The molecule has 108 valence electrons. The van der Waals surface area contributed by atoms with Crippen LogP contribution in [-0.2, 0) is 4.79 Å². The zero-order chi connectivity index (χ0) is 14.7. The van der Waals surface area contributed by atoms with Crippen molar-refractivity contribution in [1.29, 1.82) is 0 Å². The molecule has 0 aliphatic carbocycles. The van der Waals surface area contributed by atoms with Gasteiger partial charge in [-0.3, -0.25) is 9.59 Å². The molecule has 1 aromatic rings. The molecule has 0 bridgehead atoms. The number of rotatable bonds is 2. The van der Waals surface area contributed by atoms with Gasteiger partial charge in [-0.2, -0.15) is 0 Å². The van der Waals surface area contributed by atoms with Gasteiger partial charge in [0.25, 0.3) is 5.91 Å². The lowest BCUT2D eigenvalue weighted by molar-refractivity contribution is -0.119. The molecule has 1 aliphatic heterocycles. The van der Waals surface area contributed by atoms with Crippen LogP contribution in [0.15, 0.2) is 22.7 Å². The lowest BCUT2D eigenvalue weighted by Gasteiger charge is -2.32. The number of amides is 2. The van der Waals surface area contributed by atoms with Crippen LogP contribution in [0.3, 0.4) is 0 Å². The van der Waals surface area contributed by atoms with Gasteiger partial charge < -0.3 is 10.2 Å². The van der Waals surface area contributed by atoms with Gasteiger partial charge in [0.2, 0.25) is 5.91 Å². The zero-order valence-corrected chi connectivity index (χ0v) is 12.7. The molecule has 6 heteroatoms. The number of carbonyl (C=O) groups excluding carboxylic acids is 2. The summed E-state index contributed by atoms with van der Waals surface area (Å²) in [5.74, 6) is -0.889. The maximum atomic E-state index is 13.9. The molecule has 2 rings (SSSR count). The van der Waals surface area contributed by atoms with Gasteiger partial charge >= 0.3 is 0 Å². The first-order chi connectivity index (χ1) is 9.49. The van der Waals surface area contributed by atoms with E-state index in [1.54, 1.807) is 17.0 Å². The molecule has 1 fully saturated rings. The number of nitrogens with one attached hydrogen (secondary N) is 1. The predicted molar refractivity (Wildman–Crippen MR) is 76.8 cm³/mol. The molecule has 1 aromatic carbocycles. The van der Waals surface area contributed by atoms with Crippen LogP contribution in [0.5, 0.6) is 0 Å². The van der Waals surface area contributed by atoms with Gasteiger partial charge in [-0.15, -0.1) is 0 Å². The van der Waals surface area contributed by atoms with Gasteiger partial charge in [-0.1, -0.05) is 6.07 Å². The molecule has 20 heavy (non-hydrogen) atoms. The Morgan fingerprint density at radius 1 is 1.35 bits per heavy atom. The average molecular weight is 343 g/mol. The Morgan fingerprint density at radius 2 is 2.00 bits per heavy atom. The van der Waals surface area contributed by atoms with Gasteiger partial charge in [0, 0.05) is 26.1 Å². The van der Waals surface area contributed by atoms with Crippen molar-refractivity contribution < 1.29 is 14.0 Å². The molecule has 0 saturated carbocycles. The fraction of sp³-hybridized carbons (Fsp3) is 0.429. The summed E-state index contributed by atoms with van der Waals surface area (Å²) >= 11 is 3.08. The Balaban J connectivity index is 2.02. The molecule has 1 N–H and O–H groups in total. The van der Waals surface area contributed by atoms with Gasteiger partial charge in [0.1, 0.15) is 5.82 Å². The molecule has 0 spiro atoms. The Bertz CT molecular complexity index is 528. The minimum Gasteiger partial charge on any atom is -0.353 e. The number of likely N-dealkylation sites (tertiary alicyclic amines) is 1. The number of carbonyl (C=O) groups is 2. The summed E-state index contributed by atoms with van der Waals surface area (Å²) in [4.78, 5) is 24.9. The van der Waals surface area contributed by atoms with Gasteiger partial charge in [0.15, 0.2) is 0 Å². The Kier molecular flexibility index (Phi) is 4.75. The standard InChI is InChI=1S/C14H16BrFN2O2/c1-9(19)17-10-5-7-18(8-6-10)14(20)11-3-2-4-12(15)13(11)16/h2-4,10H,5-8H2,1H3,(H,17,19). The van der Waals surface area contributed by atoms with E-state index >= 15 is 0 Å². The van der Waals surface area contributed by atoms with Crippen molar-refractivity contribution in [3.63, 3.8) is 0 Å². The van der Waals surface area contributed by atoms with Crippen LogP contribution in [-0.4, -0.2) is 35.8 Å². The van der Waals surface area contributed by atoms with Gasteiger partial charge in [-0.05, 0) is 40.9 Å². The summed E-state index contributed by atoms with van der Waals surface area (Å²) in [5, 5.41) is 2.84. The number of halogens is 2. The van der Waals surface area contributed by atoms with E-state index in [1.165, 1.54) is 13.0 Å². The van der Waals surface area contributed by atoms with Crippen molar-refractivity contribution in [2.45, 2.75) is 25.8 Å². The van der Waals surface area contributed by atoms with Crippen LogP contribution in [0.1, 0.15) is 30.1 Å². The second kappa shape index (κ2) is 6.35. The monoisotopic (exact) mass is 342 g/mol. The minimum absolute atomic E-state index is 0.0622. The summed E-state index contributed by atoms with van der Waals surface area (Å²) in [7, 11) is 0. The molecular formula is C14H16BrFN2O2. The fourth-order valence-electron chi connectivity index (χ4n) is 2.35. The van der Waals surface area contributed by atoms with Gasteiger partial charge in [-0.25, -0.2) is 4.39 Å². The summed E-state index contributed by atoms with van der Waals surface area (Å²) in [6, 6.07) is 4.80. The summed E-state index contributed by atoms with van der Waals surface area (Å²) in [6.45, 7) is 2.53. The van der Waals surface area contributed by atoms with Crippen LogP contribution in [0, 0.1) is 5.82 Å². The third kappa shape index (κ3) is 3.36. The molecular weight excluding hydrogens is 327 g/mol. The third-order valence-electron chi connectivity index (χ3n) is 3.37. The van der Waals surface area contributed by atoms with E-state index in [4.69, 9.17) is 0 Å². The van der Waals surface area contributed by atoms with E-state index in [1.807, 2.05) is 0 Å². The smallest absolute Gasteiger partial charge is 0.256 e. The molecule has 1 aliphatic rings. The number of hydrogen-bond donors (Lipinski definition) is 1. The summed E-state index contributed by atoms with van der Waals surface area (Å²) in [6.07, 6.45) is 1.39. The molecule has 0 aromatic heterocycles. The molecule has 2 amide bonds. The second-order valence-electron chi connectivity index (χ2n) is 4.87. The average Bonchev–Trinajstić information content (AvgIpc) is 2.41. The van der Waals surface area contributed by atoms with Crippen molar-refractivity contribution in [2.24, 2.45) is 0 Å². The highest BCUT2D eigenvalue weighted by atomic mass is 79.9. The first kappa shape index (κ1) is 15.0. The van der Waals surface area contributed by atoms with E-state index in [2.05, 4.69) is 21.2 Å². The van der Waals surface area contributed by atoms with E-state index in [0.717, 1.165) is 0 Å². The molecule has 4 nitrogen and oxygen atoms in total. The Morgan fingerprint density at radius 3 is 2.60 bits per heavy atom. The normalized spacial score (nSPS) is 16.1. The lowest BCUT2D eigenvalue weighted by atomic mass is 10.0. The SMILES string of the molecule is CC(=O)NC1CCN(C(=O)c2cccc(Br)c2F)CC1. The molecule has 1 heterocycles. The molecule has 0 atom stereocenters. The Hall–Kier alpha value is -1.43. The van der Waals surface area contributed by atoms with Crippen molar-refractivity contribution in [3.05, 3.63) is 34.1 Å². The number of nitrogens with zero attached hydrogens (tertiary/aromatic N) is 1. The number of hydrogen-bond acceptors (Lipinski definition) is 2. The number of piperidine rings is 1. The second-order valence-corrected chi connectivity index (χ2v) is 5.72. The van der Waals surface area contributed by atoms with Crippen LogP contribution in [0.25, 0.3) is 0 Å². The van der Waals surface area contributed by atoms with Crippen molar-refractivity contribution in [1.82, 2.24) is 10.2 Å². The molecule has 0 radical (unpaired) electrons. The van der Waals surface area contributed by atoms with Crippen LogP contribution in [0.2, 0.25) is 0 Å². The van der Waals surface area contributed by atoms with Crippen LogP contribution >= 0.6 is 15.9 Å². The van der Waals surface area contributed by atoms with E-state index in [0.29, 0.717) is 25.9 Å². The van der Waals surface area contributed by atoms with E-state index in [9.17, 15) is 14.0 Å². The highest BCUT2D eigenvalue weighted by Crippen LogP contribution is 2.21. The van der Waals surface area contributed by atoms with Crippen molar-refractivity contribution in [2.75, 3.05) is 13.1 Å². The quantitative estimate of drug-likeness (QED) is 0.896. The first-order valence-corrected chi connectivity index (χ1v) is 7.28. The Labute approximate surface area is 125 Å². The number of benzene rings is 1. The topological polar surface area (TPSA) is 49.4 Å². The molecule has 0 unspecified atom stereocenters. The third-order valence-corrected chi connectivity index (χ3v) is 3.98.